The molecule has 0 aliphatic carbocycles. The van der Waals surface area contributed by atoms with Crippen LogP contribution in [0.15, 0.2) is 42.5 Å². The lowest BCUT2D eigenvalue weighted by Gasteiger charge is -2.27. The van der Waals surface area contributed by atoms with E-state index in [9.17, 15) is 23.6 Å². The molecule has 1 atom stereocenters. The van der Waals surface area contributed by atoms with E-state index in [4.69, 9.17) is 4.74 Å². The number of carbonyl (C=O) groups is 4. The SMILES string of the molecule is C[Si](C)(C)CCOCN(C=O)C(=O)N[C@@H](CN1Cc2ccc(F)cc2C1=O)c1ccc(N2CCCC2=O)cc1. The first-order valence-corrected chi connectivity index (χ1v) is 16.8. The van der Waals surface area contributed by atoms with E-state index in [1.54, 1.807) is 28.0 Å². The van der Waals surface area contributed by atoms with E-state index < -0.39 is 26.0 Å². The number of nitrogens with one attached hydrogen (secondary N) is 1. The maximum Gasteiger partial charge on any atom is 0.326 e. The van der Waals surface area contributed by atoms with Crippen LogP contribution in [0.1, 0.15) is 40.4 Å². The van der Waals surface area contributed by atoms with Crippen LogP contribution in [0.5, 0.6) is 0 Å². The molecule has 1 N–H and O–H groups in total. The molecule has 2 aromatic carbocycles. The first-order chi connectivity index (χ1) is 18.6. The number of halogens is 1. The van der Waals surface area contributed by atoms with Crippen molar-refractivity contribution in [2.45, 2.75) is 51.1 Å². The molecule has 0 radical (unpaired) electrons. The maximum atomic E-state index is 13.8. The van der Waals surface area contributed by atoms with Crippen LogP contribution in [0.4, 0.5) is 14.9 Å². The highest BCUT2D eigenvalue weighted by Gasteiger charge is 2.31. The summed E-state index contributed by atoms with van der Waals surface area (Å²) in [5.74, 6) is -0.752. The third-order valence-electron chi connectivity index (χ3n) is 6.95. The summed E-state index contributed by atoms with van der Waals surface area (Å²) in [6.45, 7) is 7.93. The van der Waals surface area contributed by atoms with Gasteiger partial charge in [-0.2, -0.15) is 0 Å². The van der Waals surface area contributed by atoms with E-state index in [0.717, 1.165) is 23.1 Å². The standard InChI is InChI=1S/C28H35FN4O5Si/c1-39(2,3)14-13-38-19-32(18-34)28(37)30-25(17-31-16-21-6-9-22(29)15-24(21)27(31)36)20-7-10-23(11-8-20)33-12-4-5-26(33)35/h6-11,15,18,25H,4-5,12-14,16-17,19H2,1-3H3,(H,30,37)/t25-/m0/s1. The molecule has 208 valence electrons. The number of amides is 5. The molecule has 2 aliphatic heterocycles. The topological polar surface area (TPSA) is 99.3 Å². The molecule has 2 heterocycles. The molecule has 0 spiro atoms. The molecule has 0 aromatic heterocycles. The van der Waals surface area contributed by atoms with Gasteiger partial charge in [-0.3, -0.25) is 14.4 Å². The second-order valence-corrected chi connectivity index (χ2v) is 16.8. The minimum Gasteiger partial charge on any atom is -0.361 e. The predicted octanol–water partition coefficient (Wildman–Crippen LogP) is 4.13. The third-order valence-corrected chi connectivity index (χ3v) is 8.65. The highest BCUT2D eigenvalue weighted by Crippen LogP contribution is 2.28. The van der Waals surface area contributed by atoms with E-state index in [1.165, 1.54) is 12.1 Å². The van der Waals surface area contributed by atoms with E-state index in [2.05, 4.69) is 25.0 Å². The van der Waals surface area contributed by atoms with Gasteiger partial charge in [-0.05, 0) is 47.9 Å². The summed E-state index contributed by atoms with van der Waals surface area (Å²) >= 11 is 0. The van der Waals surface area contributed by atoms with E-state index in [1.807, 2.05) is 12.1 Å². The summed E-state index contributed by atoms with van der Waals surface area (Å²) in [4.78, 5) is 54.2. The summed E-state index contributed by atoms with van der Waals surface area (Å²) in [5, 5.41) is 2.86. The first-order valence-electron chi connectivity index (χ1n) is 13.1. The van der Waals surface area contributed by atoms with Crippen LogP contribution in [0.3, 0.4) is 0 Å². The van der Waals surface area contributed by atoms with Crippen molar-refractivity contribution < 1.29 is 28.3 Å². The highest BCUT2D eigenvalue weighted by molar-refractivity contribution is 6.76. The fourth-order valence-electron chi connectivity index (χ4n) is 4.65. The second-order valence-electron chi connectivity index (χ2n) is 11.2. The largest absolute Gasteiger partial charge is 0.361 e. The number of carbonyl (C=O) groups excluding carboxylic acids is 4. The van der Waals surface area contributed by atoms with Crippen LogP contribution < -0.4 is 10.2 Å². The van der Waals surface area contributed by atoms with Crippen molar-refractivity contribution in [1.82, 2.24) is 15.1 Å². The quantitative estimate of drug-likeness (QED) is 0.195. The molecule has 4 rings (SSSR count). The zero-order valence-electron chi connectivity index (χ0n) is 22.6. The number of nitrogens with zero attached hydrogens (tertiary/aromatic N) is 3. The fourth-order valence-corrected chi connectivity index (χ4v) is 5.41. The lowest BCUT2D eigenvalue weighted by Crippen LogP contribution is -2.45. The molecule has 0 unspecified atom stereocenters. The number of benzene rings is 2. The van der Waals surface area contributed by atoms with Crippen molar-refractivity contribution in [2.75, 3.05) is 31.3 Å². The van der Waals surface area contributed by atoms with Gasteiger partial charge in [0.15, 0.2) is 0 Å². The fraction of sp³-hybridized carbons (Fsp3) is 0.429. The van der Waals surface area contributed by atoms with Crippen LogP contribution >= 0.6 is 0 Å². The summed E-state index contributed by atoms with van der Waals surface area (Å²) in [6, 6.07) is 10.9. The molecule has 1 fully saturated rings. The lowest BCUT2D eigenvalue weighted by atomic mass is 10.1. The Balaban J connectivity index is 1.50. The van der Waals surface area contributed by atoms with Crippen LogP contribution in [0, 0.1) is 5.82 Å². The summed E-state index contributed by atoms with van der Waals surface area (Å²) in [7, 11) is -1.33. The number of fused-ring (bicyclic) bond motifs is 1. The minimum atomic E-state index is -1.33. The third kappa shape index (κ3) is 7.10. The van der Waals surface area contributed by atoms with Gasteiger partial charge in [0, 0.05) is 52.0 Å². The van der Waals surface area contributed by atoms with Gasteiger partial charge >= 0.3 is 6.03 Å². The molecule has 2 aromatic rings. The number of anilines is 1. The molecule has 9 nitrogen and oxygen atoms in total. The minimum absolute atomic E-state index is 0.0658. The summed E-state index contributed by atoms with van der Waals surface area (Å²) < 4.78 is 19.4. The Morgan fingerprint density at radius 1 is 1.18 bits per heavy atom. The first kappa shape index (κ1) is 28.4. The van der Waals surface area contributed by atoms with E-state index in [-0.39, 0.29) is 31.6 Å². The van der Waals surface area contributed by atoms with Gasteiger partial charge in [0.1, 0.15) is 12.5 Å². The van der Waals surface area contributed by atoms with Gasteiger partial charge in [0.05, 0.1) is 6.04 Å². The summed E-state index contributed by atoms with van der Waals surface area (Å²) in [5.41, 5.74) is 2.46. The van der Waals surface area contributed by atoms with Gasteiger partial charge in [0.2, 0.25) is 12.3 Å². The molecule has 39 heavy (non-hydrogen) atoms. The van der Waals surface area contributed by atoms with Crippen molar-refractivity contribution in [1.29, 1.82) is 0 Å². The average molecular weight is 555 g/mol. The van der Waals surface area contributed by atoms with Crippen LogP contribution in [-0.2, 0) is 20.9 Å². The lowest BCUT2D eigenvalue weighted by molar-refractivity contribution is -0.119. The molecular weight excluding hydrogens is 519 g/mol. The number of ether oxygens (including phenoxy) is 1. The van der Waals surface area contributed by atoms with Gasteiger partial charge in [-0.1, -0.05) is 37.8 Å². The Labute approximate surface area is 228 Å². The molecule has 0 saturated carbocycles. The Kier molecular flexibility index (Phi) is 8.81. The van der Waals surface area contributed by atoms with Gasteiger partial charge in [-0.15, -0.1) is 0 Å². The Morgan fingerprint density at radius 2 is 1.92 bits per heavy atom. The monoisotopic (exact) mass is 554 g/mol. The second kappa shape index (κ2) is 12.1. The van der Waals surface area contributed by atoms with Crippen molar-refractivity contribution in [2.24, 2.45) is 0 Å². The Bertz CT molecular complexity index is 1230. The number of urea groups is 1. The van der Waals surface area contributed by atoms with Crippen molar-refractivity contribution >= 4 is 38.0 Å². The zero-order chi connectivity index (χ0) is 28.2. The number of imide groups is 1. The molecule has 0 bridgehead atoms. The average Bonchev–Trinajstić information content (AvgIpc) is 3.45. The van der Waals surface area contributed by atoms with Gasteiger partial charge in [0.25, 0.3) is 5.91 Å². The molecule has 11 heteroatoms. The van der Waals surface area contributed by atoms with Crippen LogP contribution in [0.2, 0.25) is 25.7 Å². The normalized spacial score (nSPS) is 15.9. The van der Waals surface area contributed by atoms with E-state index in [0.29, 0.717) is 42.7 Å². The Hall–Kier alpha value is -3.57. The Morgan fingerprint density at radius 3 is 2.56 bits per heavy atom. The predicted molar refractivity (Wildman–Crippen MR) is 147 cm³/mol. The summed E-state index contributed by atoms with van der Waals surface area (Å²) in [6.07, 6.45) is 1.74. The van der Waals surface area contributed by atoms with Crippen molar-refractivity contribution in [3.63, 3.8) is 0 Å². The van der Waals surface area contributed by atoms with Gasteiger partial charge in [-0.25, -0.2) is 14.1 Å². The van der Waals surface area contributed by atoms with E-state index >= 15 is 0 Å². The smallest absolute Gasteiger partial charge is 0.326 e. The number of hydrogen-bond acceptors (Lipinski definition) is 5. The molecule has 5 amide bonds. The molecule has 1 saturated heterocycles. The van der Waals surface area contributed by atoms with Crippen molar-refractivity contribution in [3.05, 3.63) is 65.0 Å². The number of rotatable bonds is 11. The van der Waals surface area contributed by atoms with Crippen LogP contribution in [0.25, 0.3) is 0 Å². The number of hydrogen-bond donors (Lipinski definition) is 1. The zero-order valence-corrected chi connectivity index (χ0v) is 23.6. The van der Waals surface area contributed by atoms with Crippen molar-refractivity contribution in [3.8, 4) is 0 Å². The maximum absolute atomic E-state index is 13.8. The highest BCUT2D eigenvalue weighted by atomic mass is 28.3. The van der Waals surface area contributed by atoms with Gasteiger partial charge < -0.3 is 19.9 Å². The van der Waals surface area contributed by atoms with Crippen LogP contribution in [-0.4, -0.2) is 68.6 Å². The molecule has 2 aliphatic rings. The molecular formula is C28H35FN4O5Si.